The molecule has 0 radical (unpaired) electrons. The molecule has 2 aromatic heterocycles. The van der Waals surface area contributed by atoms with Crippen LogP contribution in [0.2, 0.25) is 0 Å². The van der Waals surface area contributed by atoms with Gasteiger partial charge >= 0.3 is 0 Å². The summed E-state index contributed by atoms with van der Waals surface area (Å²) in [4.78, 5) is 30.8. The van der Waals surface area contributed by atoms with Gasteiger partial charge in [0.2, 0.25) is 5.91 Å². The van der Waals surface area contributed by atoms with Crippen LogP contribution in [-0.2, 0) is 24.4 Å². The molecular formula is C19H26N6O2. The molecule has 3 rings (SSSR count). The first kappa shape index (κ1) is 19.0. The van der Waals surface area contributed by atoms with Crippen LogP contribution < -0.4 is 11.1 Å². The van der Waals surface area contributed by atoms with Gasteiger partial charge in [-0.05, 0) is 30.5 Å². The van der Waals surface area contributed by atoms with Gasteiger partial charge in [0.05, 0.1) is 37.1 Å². The van der Waals surface area contributed by atoms with Crippen molar-refractivity contribution in [1.29, 1.82) is 0 Å². The van der Waals surface area contributed by atoms with Crippen molar-refractivity contribution in [3.05, 3.63) is 47.5 Å². The molecule has 144 valence electrons. The van der Waals surface area contributed by atoms with E-state index in [4.69, 9.17) is 5.73 Å². The number of nitrogens with zero attached hydrogens (tertiary/aromatic N) is 4. The van der Waals surface area contributed by atoms with E-state index in [0.717, 1.165) is 11.4 Å². The third-order valence-electron chi connectivity index (χ3n) is 4.54. The maximum atomic E-state index is 12.5. The van der Waals surface area contributed by atoms with Gasteiger partial charge in [-0.2, -0.15) is 5.10 Å². The molecule has 1 aliphatic rings. The summed E-state index contributed by atoms with van der Waals surface area (Å²) in [5.41, 5.74) is 8.01. The van der Waals surface area contributed by atoms with Crippen molar-refractivity contribution in [1.82, 2.24) is 25.0 Å². The van der Waals surface area contributed by atoms with Crippen LogP contribution in [-0.4, -0.2) is 44.1 Å². The van der Waals surface area contributed by atoms with Crippen molar-refractivity contribution in [2.45, 2.75) is 45.9 Å². The molecule has 0 aliphatic carbocycles. The Hall–Kier alpha value is -2.74. The summed E-state index contributed by atoms with van der Waals surface area (Å²) in [5, 5.41) is 7.19. The number of rotatable bonds is 6. The molecule has 3 N–H and O–H groups in total. The van der Waals surface area contributed by atoms with E-state index < -0.39 is 6.04 Å². The smallest absolute Gasteiger partial charge is 0.272 e. The van der Waals surface area contributed by atoms with Crippen molar-refractivity contribution < 1.29 is 9.59 Å². The number of carbonyl (C=O) groups is 2. The van der Waals surface area contributed by atoms with Gasteiger partial charge in [0.1, 0.15) is 0 Å². The second-order valence-corrected chi connectivity index (χ2v) is 7.24. The Morgan fingerprint density at radius 3 is 2.81 bits per heavy atom. The lowest BCUT2D eigenvalue weighted by Gasteiger charge is -2.30. The van der Waals surface area contributed by atoms with E-state index in [0.29, 0.717) is 44.2 Å². The van der Waals surface area contributed by atoms with Crippen molar-refractivity contribution in [2.75, 3.05) is 6.54 Å². The molecule has 1 atom stereocenters. The fraction of sp³-hybridized carbons (Fsp3) is 0.474. The minimum absolute atomic E-state index is 0.0442. The van der Waals surface area contributed by atoms with E-state index in [9.17, 15) is 9.59 Å². The molecule has 3 heterocycles. The predicted molar refractivity (Wildman–Crippen MR) is 100 cm³/mol. The summed E-state index contributed by atoms with van der Waals surface area (Å²) in [7, 11) is 0. The Bertz CT molecular complexity index is 802. The average molecular weight is 370 g/mol. The number of nitrogens with one attached hydrogen (secondary N) is 1. The topological polar surface area (TPSA) is 106 Å². The zero-order valence-corrected chi connectivity index (χ0v) is 15.8. The van der Waals surface area contributed by atoms with E-state index >= 15 is 0 Å². The van der Waals surface area contributed by atoms with Gasteiger partial charge in [-0.25, -0.2) is 0 Å². The first-order valence-corrected chi connectivity index (χ1v) is 9.23. The summed E-state index contributed by atoms with van der Waals surface area (Å²) >= 11 is 0. The van der Waals surface area contributed by atoms with Crippen LogP contribution in [0.15, 0.2) is 30.5 Å². The molecule has 8 heteroatoms. The number of pyridine rings is 1. The lowest BCUT2D eigenvalue weighted by atomic mass is 10.0. The maximum absolute atomic E-state index is 12.5. The maximum Gasteiger partial charge on any atom is 0.272 e. The number of carbonyl (C=O) groups excluding carboxylic acids is 2. The first-order chi connectivity index (χ1) is 12.9. The third-order valence-corrected chi connectivity index (χ3v) is 4.54. The summed E-state index contributed by atoms with van der Waals surface area (Å²) in [6, 6.07) is 6.80. The van der Waals surface area contributed by atoms with E-state index in [2.05, 4.69) is 15.4 Å². The van der Waals surface area contributed by atoms with Crippen LogP contribution in [0.3, 0.4) is 0 Å². The van der Waals surface area contributed by atoms with Gasteiger partial charge in [-0.1, -0.05) is 19.9 Å². The Balaban J connectivity index is 1.61. The number of nitrogens with two attached hydrogens (primary N) is 1. The summed E-state index contributed by atoms with van der Waals surface area (Å²) in [6.07, 6.45) is 2.35. The molecule has 2 amide bonds. The SMILES string of the molecule is CC(C)C[C@H](N)C(=O)N1CCn2nc(C(=O)NCc3ccccn3)cc2C1. The van der Waals surface area contributed by atoms with Crippen molar-refractivity contribution in [3.63, 3.8) is 0 Å². The molecule has 0 fully saturated rings. The minimum atomic E-state index is -0.486. The monoisotopic (exact) mass is 370 g/mol. The highest BCUT2D eigenvalue weighted by molar-refractivity contribution is 5.92. The Labute approximate surface area is 158 Å². The van der Waals surface area contributed by atoms with E-state index in [1.165, 1.54) is 0 Å². The van der Waals surface area contributed by atoms with Gasteiger partial charge in [0.25, 0.3) is 5.91 Å². The number of aromatic nitrogens is 3. The third kappa shape index (κ3) is 4.71. The van der Waals surface area contributed by atoms with Crippen LogP contribution in [0.25, 0.3) is 0 Å². The normalized spacial score (nSPS) is 14.7. The van der Waals surface area contributed by atoms with E-state index in [-0.39, 0.29) is 11.8 Å². The molecule has 0 bridgehead atoms. The average Bonchev–Trinajstić information content (AvgIpc) is 3.09. The van der Waals surface area contributed by atoms with Crippen LogP contribution in [0.1, 0.15) is 42.1 Å². The number of fused-ring (bicyclic) bond motifs is 1. The fourth-order valence-electron chi connectivity index (χ4n) is 3.17. The molecule has 0 aromatic carbocycles. The molecule has 0 unspecified atom stereocenters. The van der Waals surface area contributed by atoms with Gasteiger partial charge < -0.3 is 16.0 Å². The molecule has 0 spiro atoms. The zero-order valence-electron chi connectivity index (χ0n) is 15.8. The standard InChI is InChI=1S/C19H26N6O2/c1-13(2)9-16(20)19(27)24-7-8-25-15(12-24)10-17(23-25)18(26)22-11-14-5-3-4-6-21-14/h3-6,10,13,16H,7-9,11-12,20H2,1-2H3,(H,22,26)/t16-/m0/s1. The van der Waals surface area contributed by atoms with Crippen LogP contribution in [0.5, 0.6) is 0 Å². The highest BCUT2D eigenvalue weighted by Crippen LogP contribution is 2.16. The Kier molecular flexibility index (Phi) is 5.85. The molecular weight excluding hydrogens is 344 g/mol. The van der Waals surface area contributed by atoms with E-state index in [1.807, 2.05) is 32.0 Å². The number of amides is 2. The molecule has 2 aromatic rings. The Morgan fingerprint density at radius 2 is 2.11 bits per heavy atom. The summed E-state index contributed by atoms with van der Waals surface area (Å²) < 4.78 is 1.79. The predicted octanol–water partition coefficient (Wildman–Crippen LogP) is 0.924. The quantitative estimate of drug-likeness (QED) is 0.787. The van der Waals surface area contributed by atoms with Crippen molar-refractivity contribution in [2.24, 2.45) is 11.7 Å². The van der Waals surface area contributed by atoms with Crippen molar-refractivity contribution >= 4 is 11.8 Å². The second-order valence-electron chi connectivity index (χ2n) is 7.24. The van der Waals surface area contributed by atoms with Crippen LogP contribution >= 0.6 is 0 Å². The molecule has 0 saturated heterocycles. The lowest BCUT2D eigenvalue weighted by molar-refractivity contribution is -0.134. The molecule has 8 nitrogen and oxygen atoms in total. The minimum Gasteiger partial charge on any atom is -0.345 e. The summed E-state index contributed by atoms with van der Waals surface area (Å²) in [6.45, 7) is 5.97. The Morgan fingerprint density at radius 1 is 1.30 bits per heavy atom. The second kappa shape index (κ2) is 8.30. The lowest BCUT2D eigenvalue weighted by Crippen LogP contribution is -2.47. The highest BCUT2D eigenvalue weighted by Gasteiger charge is 2.27. The molecule has 0 saturated carbocycles. The zero-order chi connectivity index (χ0) is 19.4. The van der Waals surface area contributed by atoms with Crippen LogP contribution in [0, 0.1) is 5.92 Å². The van der Waals surface area contributed by atoms with Crippen LogP contribution in [0.4, 0.5) is 0 Å². The fourth-order valence-corrected chi connectivity index (χ4v) is 3.17. The van der Waals surface area contributed by atoms with E-state index in [1.54, 1.807) is 21.8 Å². The highest BCUT2D eigenvalue weighted by atomic mass is 16.2. The van der Waals surface area contributed by atoms with Gasteiger partial charge in [0.15, 0.2) is 5.69 Å². The summed E-state index contributed by atoms with van der Waals surface area (Å²) in [5.74, 6) is 0.0721. The largest absolute Gasteiger partial charge is 0.345 e. The van der Waals surface area contributed by atoms with Gasteiger partial charge in [0, 0.05) is 12.7 Å². The number of hydrogen-bond acceptors (Lipinski definition) is 5. The van der Waals surface area contributed by atoms with Gasteiger partial charge in [-0.15, -0.1) is 0 Å². The molecule has 1 aliphatic heterocycles. The molecule has 27 heavy (non-hydrogen) atoms. The van der Waals surface area contributed by atoms with Gasteiger partial charge in [-0.3, -0.25) is 19.3 Å². The first-order valence-electron chi connectivity index (χ1n) is 9.23. The van der Waals surface area contributed by atoms with Crippen molar-refractivity contribution in [3.8, 4) is 0 Å². The number of hydrogen-bond donors (Lipinski definition) is 2.